The van der Waals surface area contributed by atoms with Crippen molar-refractivity contribution in [1.82, 2.24) is 5.32 Å². The summed E-state index contributed by atoms with van der Waals surface area (Å²) in [5.74, 6) is -0.928. The van der Waals surface area contributed by atoms with Gasteiger partial charge in [-0.15, -0.1) is 11.8 Å². The Morgan fingerprint density at radius 2 is 1.91 bits per heavy atom. The summed E-state index contributed by atoms with van der Waals surface area (Å²) in [6.45, 7) is 4.07. The van der Waals surface area contributed by atoms with Crippen LogP contribution in [0.25, 0.3) is 0 Å². The van der Waals surface area contributed by atoms with Gasteiger partial charge in [-0.3, -0.25) is 14.9 Å². The summed E-state index contributed by atoms with van der Waals surface area (Å²) in [7, 11) is 0. The van der Waals surface area contributed by atoms with Gasteiger partial charge in [-0.1, -0.05) is 0 Å². The van der Waals surface area contributed by atoms with Gasteiger partial charge in [0.2, 0.25) is 0 Å². The third kappa shape index (κ3) is 5.79. The maximum atomic E-state index is 12.3. The fourth-order valence-corrected chi connectivity index (χ4v) is 2.84. The number of aliphatic hydroxyl groups excluding tert-OH is 1. The number of hydrogen-bond acceptors (Lipinski definition) is 5. The molecule has 1 unspecified atom stereocenters. The van der Waals surface area contributed by atoms with Crippen LogP contribution in [-0.4, -0.2) is 41.0 Å². The van der Waals surface area contributed by atoms with Crippen molar-refractivity contribution in [2.24, 2.45) is 0 Å². The van der Waals surface area contributed by atoms with E-state index in [-0.39, 0.29) is 31.6 Å². The fraction of sp³-hybridized carbons (Fsp3) is 0.500. The highest BCUT2D eigenvalue weighted by atomic mass is 32.2. The first-order valence-electron chi connectivity index (χ1n) is 7.16. The van der Waals surface area contributed by atoms with Crippen molar-refractivity contribution >= 4 is 23.5 Å². The van der Waals surface area contributed by atoms with Gasteiger partial charge in [0.05, 0.1) is 6.42 Å². The summed E-state index contributed by atoms with van der Waals surface area (Å²) in [6, 6.07) is 3.91. The van der Waals surface area contributed by atoms with Crippen molar-refractivity contribution in [3.8, 4) is 0 Å². The van der Waals surface area contributed by atoms with Gasteiger partial charge in [0.15, 0.2) is 5.78 Å². The summed E-state index contributed by atoms with van der Waals surface area (Å²) in [5.41, 5.74) is 2.70. The summed E-state index contributed by atoms with van der Waals surface area (Å²) in [5, 5.41) is 20.9. The van der Waals surface area contributed by atoms with Gasteiger partial charge in [-0.05, 0) is 49.8 Å². The molecular weight excluding hydrogens is 302 g/mol. The maximum absolute atomic E-state index is 12.3. The Balaban J connectivity index is 2.55. The second kappa shape index (κ2) is 8.92. The highest BCUT2D eigenvalue weighted by Gasteiger charge is 2.14. The lowest BCUT2D eigenvalue weighted by Crippen LogP contribution is -2.31. The van der Waals surface area contributed by atoms with Crippen molar-refractivity contribution in [1.29, 1.82) is 0 Å². The lowest BCUT2D eigenvalue weighted by molar-refractivity contribution is -0.137. The van der Waals surface area contributed by atoms with Gasteiger partial charge in [-0.25, -0.2) is 0 Å². The predicted octanol–water partition coefficient (Wildman–Crippen LogP) is 2.37. The van der Waals surface area contributed by atoms with E-state index in [0.717, 1.165) is 16.0 Å². The smallest absolute Gasteiger partial charge is 0.304 e. The van der Waals surface area contributed by atoms with Crippen molar-refractivity contribution in [2.75, 3.05) is 12.8 Å². The zero-order valence-electron chi connectivity index (χ0n) is 13.2. The predicted molar refractivity (Wildman–Crippen MR) is 87.5 cm³/mol. The lowest BCUT2D eigenvalue weighted by Gasteiger charge is -2.13. The van der Waals surface area contributed by atoms with Crippen LogP contribution >= 0.6 is 11.8 Å². The summed E-state index contributed by atoms with van der Waals surface area (Å²) in [4.78, 5) is 23.8. The SMILES string of the molecule is CSc1cc(C)c(C(=O)CCC(O)NCCC(=O)O)cc1C. The van der Waals surface area contributed by atoms with Crippen molar-refractivity contribution in [3.05, 3.63) is 28.8 Å². The Hall–Kier alpha value is -1.37. The number of benzene rings is 1. The van der Waals surface area contributed by atoms with Gasteiger partial charge in [0.1, 0.15) is 6.23 Å². The molecule has 1 rings (SSSR count). The van der Waals surface area contributed by atoms with Gasteiger partial charge in [0, 0.05) is 23.4 Å². The third-order valence-corrected chi connectivity index (χ3v) is 4.29. The molecule has 122 valence electrons. The first-order chi connectivity index (χ1) is 10.3. The molecule has 0 aliphatic carbocycles. The van der Waals surface area contributed by atoms with Crippen LogP contribution in [0.4, 0.5) is 0 Å². The third-order valence-electron chi connectivity index (χ3n) is 3.41. The van der Waals surface area contributed by atoms with E-state index in [9.17, 15) is 14.7 Å². The van der Waals surface area contributed by atoms with E-state index >= 15 is 0 Å². The first-order valence-corrected chi connectivity index (χ1v) is 8.39. The minimum Gasteiger partial charge on any atom is -0.481 e. The molecule has 6 heteroatoms. The molecule has 0 saturated heterocycles. The fourth-order valence-electron chi connectivity index (χ4n) is 2.16. The minimum absolute atomic E-state index is 0.00709. The van der Waals surface area contributed by atoms with E-state index in [0.29, 0.717) is 5.56 Å². The van der Waals surface area contributed by atoms with Crippen LogP contribution in [-0.2, 0) is 4.79 Å². The van der Waals surface area contributed by atoms with Crippen LogP contribution in [0.3, 0.4) is 0 Å². The van der Waals surface area contributed by atoms with E-state index in [1.165, 1.54) is 0 Å². The number of aliphatic carboxylic acids is 1. The van der Waals surface area contributed by atoms with Crippen molar-refractivity contribution in [2.45, 2.75) is 44.2 Å². The molecule has 0 aliphatic heterocycles. The highest BCUT2D eigenvalue weighted by Crippen LogP contribution is 2.24. The van der Waals surface area contributed by atoms with Crippen molar-refractivity contribution < 1.29 is 19.8 Å². The second-order valence-electron chi connectivity index (χ2n) is 5.21. The van der Waals surface area contributed by atoms with E-state index in [1.54, 1.807) is 11.8 Å². The maximum Gasteiger partial charge on any atom is 0.304 e. The molecule has 0 bridgehead atoms. The number of carbonyl (C=O) groups is 2. The number of carboxylic acid groups (broad SMARTS) is 1. The molecule has 0 aromatic heterocycles. The Morgan fingerprint density at radius 1 is 1.23 bits per heavy atom. The number of carbonyl (C=O) groups excluding carboxylic acids is 1. The molecule has 0 heterocycles. The van der Waals surface area contributed by atoms with E-state index < -0.39 is 12.2 Å². The molecule has 3 N–H and O–H groups in total. The molecule has 1 atom stereocenters. The molecule has 1 aromatic rings. The van der Waals surface area contributed by atoms with Gasteiger partial charge in [-0.2, -0.15) is 0 Å². The topological polar surface area (TPSA) is 86.6 Å². The molecule has 22 heavy (non-hydrogen) atoms. The summed E-state index contributed by atoms with van der Waals surface area (Å²) >= 11 is 1.65. The van der Waals surface area contributed by atoms with Gasteiger partial charge >= 0.3 is 5.97 Å². The normalized spacial score (nSPS) is 12.2. The average Bonchev–Trinajstić information content (AvgIpc) is 2.46. The van der Waals surface area contributed by atoms with E-state index in [4.69, 9.17) is 5.11 Å². The van der Waals surface area contributed by atoms with Crippen LogP contribution < -0.4 is 5.32 Å². The molecular formula is C16H23NO4S. The van der Waals surface area contributed by atoms with Crippen LogP contribution in [0.1, 0.15) is 40.7 Å². The lowest BCUT2D eigenvalue weighted by atomic mass is 9.99. The van der Waals surface area contributed by atoms with Crippen LogP contribution in [0.5, 0.6) is 0 Å². The number of thioether (sulfide) groups is 1. The van der Waals surface area contributed by atoms with Crippen LogP contribution in [0.15, 0.2) is 17.0 Å². The molecule has 0 radical (unpaired) electrons. The molecule has 1 aromatic carbocycles. The second-order valence-corrected chi connectivity index (χ2v) is 6.06. The summed E-state index contributed by atoms with van der Waals surface area (Å²) in [6.07, 6.45) is 1.57. The number of Topliss-reactive ketones (excluding diaryl/α,β-unsaturated/α-hetero) is 1. The Morgan fingerprint density at radius 3 is 2.50 bits per heavy atom. The summed E-state index contributed by atoms with van der Waals surface area (Å²) < 4.78 is 0. The molecule has 5 nitrogen and oxygen atoms in total. The van der Waals surface area contributed by atoms with Gasteiger partial charge < -0.3 is 10.2 Å². The molecule has 0 fully saturated rings. The zero-order chi connectivity index (χ0) is 16.7. The number of ketones is 1. The number of aryl methyl sites for hydroxylation is 2. The number of nitrogens with one attached hydrogen (secondary N) is 1. The first kappa shape index (κ1) is 18.7. The standard InChI is InChI=1S/C16H23NO4S/c1-10-9-14(22-3)11(2)8-12(10)13(18)4-5-15(19)17-7-6-16(20)21/h8-9,15,17,19H,4-7H2,1-3H3,(H,20,21). The molecule has 0 amide bonds. The van der Waals surface area contributed by atoms with Crippen LogP contribution in [0, 0.1) is 13.8 Å². The largest absolute Gasteiger partial charge is 0.481 e. The number of aliphatic hydroxyl groups is 1. The number of carboxylic acids is 1. The van der Waals surface area contributed by atoms with Crippen molar-refractivity contribution in [3.63, 3.8) is 0 Å². The monoisotopic (exact) mass is 325 g/mol. The Bertz CT molecular complexity index is 545. The molecule has 0 aliphatic rings. The van der Waals surface area contributed by atoms with Gasteiger partial charge in [0.25, 0.3) is 0 Å². The van der Waals surface area contributed by atoms with E-state index in [2.05, 4.69) is 5.32 Å². The molecule has 0 saturated carbocycles. The Kier molecular flexibility index (Phi) is 7.58. The number of hydrogen-bond donors (Lipinski definition) is 3. The average molecular weight is 325 g/mol. The quantitative estimate of drug-likeness (QED) is 0.367. The highest BCUT2D eigenvalue weighted by molar-refractivity contribution is 7.98. The number of rotatable bonds is 9. The minimum atomic E-state index is -0.921. The van der Waals surface area contributed by atoms with Crippen LogP contribution in [0.2, 0.25) is 0 Å². The zero-order valence-corrected chi connectivity index (χ0v) is 14.0. The molecule has 0 spiro atoms. The van der Waals surface area contributed by atoms with E-state index in [1.807, 2.05) is 32.2 Å². The Labute approximate surface area is 135 Å².